The Kier molecular flexibility index (Phi) is 4.38. The lowest BCUT2D eigenvalue weighted by molar-refractivity contribution is 0.0962. The first-order valence-corrected chi connectivity index (χ1v) is 10.3. The number of nitrogens with zero attached hydrogens (tertiary/aromatic N) is 2. The highest BCUT2D eigenvalue weighted by Crippen LogP contribution is 2.34. The zero-order valence-electron chi connectivity index (χ0n) is 14.2. The van der Waals surface area contributed by atoms with Gasteiger partial charge in [0.15, 0.2) is 5.78 Å². The van der Waals surface area contributed by atoms with Gasteiger partial charge in [0, 0.05) is 16.5 Å². The number of halogens is 1. The molecule has 8 heteroatoms. The Labute approximate surface area is 161 Å². The van der Waals surface area contributed by atoms with Gasteiger partial charge >= 0.3 is 0 Å². The number of benzene rings is 2. The highest BCUT2D eigenvalue weighted by Gasteiger charge is 2.32. The van der Waals surface area contributed by atoms with E-state index in [-0.39, 0.29) is 16.6 Å². The summed E-state index contributed by atoms with van der Waals surface area (Å²) in [5.74, 6) is 0.0845. The lowest BCUT2D eigenvalue weighted by Gasteiger charge is -2.08. The van der Waals surface area contributed by atoms with Crippen LogP contribution in [0.1, 0.15) is 23.3 Å². The Morgan fingerprint density at radius 2 is 1.70 bits per heavy atom. The monoisotopic (exact) mass is 401 g/mol. The number of aromatic nitrogens is 2. The van der Waals surface area contributed by atoms with Crippen molar-refractivity contribution in [2.45, 2.75) is 17.7 Å². The lowest BCUT2D eigenvalue weighted by Crippen LogP contribution is -2.11. The number of ketones is 1. The second-order valence-electron chi connectivity index (χ2n) is 6.51. The van der Waals surface area contributed by atoms with E-state index in [1.165, 1.54) is 12.1 Å². The summed E-state index contributed by atoms with van der Waals surface area (Å²) < 4.78 is 24.6. The fraction of sp³-hybridized carbons (Fsp3) is 0.158. The van der Waals surface area contributed by atoms with Gasteiger partial charge in [-0.15, -0.1) is 0 Å². The maximum absolute atomic E-state index is 12.5. The number of nitrogens with two attached hydrogens (primary N) is 1. The Bertz CT molecular complexity index is 1120. The van der Waals surface area contributed by atoms with Gasteiger partial charge in [-0.2, -0.15) is 5.10 Å². The topological polar surface area (TPSA) is 95.1 Å². The molecular formula is C19H16ClN3O3S. The van der Waals surface area contributed by atoms with Gasteiger partial charge in [-0.1, -0.05) is 23.7 Å². The van der Waals surface area contributed by atoms with E-state index in [0.29, 0.717) is 16.4 Å². The van der Waals surface area contributed by atoms with Crippen LogP contribution in [0.5, 0.6) is 0 Å². The lowest BCUT2D eigenvalue weighted by atomic mass is 10.1. The van der Waals surface area contributed by atoms with Crippen LogP contribution in [0.25, 0.3) is 16.9 Å². The third-order valence-corrected chi connectivity index (χ3v) is 5.64. The first kappa shape index (κ1) is 17.9. The molecule has 1 aliphatic carbocycles. The first-order valence-electron chi connectivity index (χ1n) is 8.36. The molecule has 0 atom stereocenters. The average molecular weight is 402 g/mol. The molecule has 6 nitrogen and oxygen atoms in total. The van der Waals surface area contributed by atoms with E-state index in [0.717, 1.165) is 24.1 Å². The molecule has 1 aromatic heterocycles. The van der Waals surface area contributed by atoms with E-state index in [2.05, 4.69) is 5.10 Å². The van der Waals surface area contributed by atoms with Crippen molar-refractivity contribution < 1.29 is 13.2 Å². The molecule has 3 aromatic rings. The van der Waals surface area contributed by atoms with Crippen LogP contribution in [0.2, 0.25) is 5.02 Å². The molecule has 1 fully saturated rings. The molecule has 0 radical (unpaired) electrons. The summed E-state index contributed by atoms with van der Waals surface area (Å²) in [7, 11) is -3.77. The minimum atomic E-state index is -3.77. The van der Waals surface area contributed by atoms with Gasteiger partial charge in [-0.05, 0) is 55.3 Å². The number of rotatable bonds is 5. The molecular weight excluding hydrogens is 386 g/mol. The summed E-state index contributed by atoms with van der Waals surface area (Å²) in [6, 6.07) is 15.0. The minimum absolute atomic E-state index is 0.0260. The van der Waals surface area contributed by atoms with E-state index in [1.807, 2.05) is 12.1 Å². The van der Waals surface area contributed by atoms with Gasteiger partial charge in [0.25, 0.3) is 0 Å². The van der Waals surface area contributed by atoms with Crippen LogP contribution in [0.3, 0.4) is 0 Å². The van der Waals surface area contributed by atoms with E-state index in [1.54, 1.807) is 35.0 Å². The fourth-order valence-corrected chi connectivity index (χ4v) is 3.50. The molecule has 1 aliphatic rings. The van der Waals surface area contributed by atoms with E-state index >= 15 is 0 Å². The molecule has 0 aliphatic heterocycles. The second kappa shape index (κ2) is 6.60. The van der Waals surface area contributed by atoms with Crippen LogP contribution in [0.4, 0.5) is 0 Å². The first-order chi connectivity index (χ1) is 12.8. The van der Waals surface area contributed by atoms with Crippen LogP contribution < -0.4 is 5.14 Å². The number of hydrogen-bond donors (Lipinski definition) is 1. The molecule has 138 valence electrons. The van der Waals surface area contributed by atoms with Gasteiger partial charge in [0.2, 0.25) is 10.0 Å². The molecule has 1 heterocycles. The predicted molar refractivity (Wildman–Crippen MR) is 102 cm³/mol. The van der Waals surface area contributed by atoms with Crippen molar-refractivity contribution in [3.05, 3.63) is 65.3 Å². The van der Waals surface area contributed by atoms with Crippen molar-refractivity contribution in [2.75, 3.05) is 0 Å². The van der Waals surface area contributed by atoms with Gasteiger partial charge in [0.05, 0.1) is 16.3 Å². The van der Waals surface area contributed by atoms with Crippen molar-refractivity contribution in [2.24, 2.45) is 11.1 Å². The summed E-state index contributed by atoms with van der Waals surface area (Å²) in [6.45, 7) is 0. The number of Topliss-reactive ketones (excluding diaryl/α,β-unsaturated/α-hetero) is 1. The largest absolute Gasteiger partial charge is 0.292 e. The van der Waals surface area contributed by atoms with Crippen molar-refractivity contribution in [3.63, 3.8) is 0 Å². The van der Waals surface area contributed by atoms with Gasteiger partial charge < -0.3 is 0 Å². The van der Waals surface area contributed by atoms with Crippen LogP contribution in [-0.4, -0.2) is 24.0 Å². The maximum atomic E-state index is 12.5. The molecule has 0 bridgehead atoms. The van der Waals surface area contributed by atoms with Gasteiger partial charge in [-0.25, -0.2) is 18.2 Å². The molecule has 1 saturated carbocycles. The van der Waals surface area contributed by atoms with E-state index in [9.17, 15) is 13.2 Å². The molecule has 0 amide bonds. The summed E-state index contributed by atoms with van der Waals surface area (Å²) in [6.07, 6.45) is 1.79. The van der Waals surface area contributed by atoms with Gasteiger partial charge in [0.1, 0.15) is 5.69 Å². The zero-order chi connectivity index (χ0) is 19.2. The average Bonchev–Trinajstić information content (AvgIpc) is 3.40. The van der Waals surface area contributed by atoms with E-state index in [4.69, 9.17) is 16.7 Å². The van der Waals surface area contributed by atoms with Gasteiger partial charge in [-0.3, -0.25) is 4.79 Å². The highest BCUT2D eigenvalue weighted by molar-refractivity contribution is 7.89. The SMILES string of the molecule is NS(=O)(=O)c1ccc(-c2cc(C(=O)C3CC3)nn2-c2ccc(Cl)cc2)cc1. The van der Waals surface area contributed by atoms with Crippen molar-refractivity contribution in [1.82, 2.24) is 9.78 Å². The molecule has 0 saturated heterocycles. The summed E-state index contributed by atoms with van der Waals surface area (Å²) >= 11 is 5.97. The number of carbonyl (C=O) groups is 1. The minimum Gasteiger partial charge on any atom is -0.292 e. The second-order valence-corrected chi connectivity index (χ2v) is 8.51. The summed E-state index contributed by atoms with van der Waals surface area (Å²) in [4.78, 5) is 12.5. The highest BCUT2D eigenvalue weighted by atomic mass is 35.5. The third kappa shape index (κ3) is 3.66. The zero-order valence-corrected chi connectivity index (χ0v) is 15.7. The normalized spacial score (nSPS) is 14.3. The standard InChI is InChI=1S/C19H16ClN3O3S/c20-14-5-7-15(8-6-14)23-18(11-17(22-23)19(24)13-1-2-13)12-3-9-16(10-4-12)27(21,25)26/h3-11,13H,1-2H2,(H2,21,25,26). The van der Waals surface area contributed by atoms with Crippen molar-refractivity contribution in [1.29, 1.82) is 0 Å². The Morgan fingerprint density at radius 3 is 2.26 bits per heavy atom. The van der Waals surface area contributed by atoms with Crippen molar-refractivity contribution >= 4 is 27.4 Å². The molecule has 2 N–H and O–H groups in total. The fourth-order valence-electron chi connectivity index (χ4n) is 2.86. The Morgan fingerprint density at radius 1 is 1.07 bits per heavy atom. The van der Waals surface area contributed by atoms with Crippen molar-refractivity contribution in [3.8, 4) is 16.9 Å². The Balaban J connectivity index is 1.82. The van der Waals surface area contributed by atoms with Crippen LogP contribution in [-0.2, 0) is 10.0 Å². The Hall–Kier alpha value is -2.48. The number of sulfonamides is 1. The van der Waals surface area contributed by atoms with Crippen LogP contribution >= 0.6 is 11.6 Å². The number of hydrogen-bond acceptors (Lipinski definition) is 4. The van der Waals surface area contributed by atoms with Crippen LogP contribution in [0, 0.1) is 5.92 Å². The molecule has 27 heavy (non-hydrogen) atoms. The maximum Gasteiger partial charge on any atom is 0.238 e. The number of carbonyl (C=O) groups excluding carboxylic acids is 1. The summed E-state index contributed by atoms with van der Waals surface area (Å²) in [5, 5.41) is 10.3. The quantitative estimate of drug-likeness (QED) is 0.662. The predicted octanol–water partition coefficient (Wildman–Crippen LogP) is 3.43. The molecule has 0 spiro atoms. The number of primary sulfonamides is 1. The molecule has 0 unspecified atom stereocenters. The van der Waals surface area contributed by atoms with Crippen LogP contribution in [0.15, 0.2) is 59.5 Å². The summed E-state index contributed by atoms with van der Waals surface area (Å²) in [5.41, 5.74) is 2.56. The molecule has 2 aromatic carbocycles. The third-order valence-electron chi connectivity index (χ3n) is 4.46. The van der Waals surface area contributed by atoms with E-state index < -0.39 is 10.0 Å². The smallest absolute Gasteiger partial charge is 0.238 e. The molecule has 4 rings (SSSR count).